The SMILES string of the molecule is COc1cccnc1-c1nc(C(C)C)nc(Cl)c1C. The van der Waals surface area contributed by atoms with Crippen molar-refractivity contribution >= 4 is 11.6 Å². The van der Waals surface area contributed by atoms with Crippen molar-refractivity contribution in [2.24, 2.45) is 0 Å². The summed E-state index contributed by atoms with van der Waals surface area (Å²) in [5.74, 6) is 1.58. The molecule has 0 aliphatic rings. The Hall–Kier alpha value is -1.68. The number of ether oxygens (including phenoxy) is 1. The Morgan fingerprint density at radius 3 is 2.58 bits per heavy atom. The molecule has 0 fully saturated rings. The van der Waals surface area contributed by atoms with Gasteiger partial charge in [-0.3, -0.25) is 4.98 Å². The molecule has 0 aliphatic heterocycles. The van der Waals surface area contributed by atoms with Crippen molar-refractivity contribution in [2.75, 3.05) is 7.11 Å². The molecule has 4 nitrogen and oxygen atoms in total. The first-order chi connectivity index (χ1) is 9.04. The minimum Gasteiger partial charge on any atom is -0.494 e. The Kier molecular flexibility index (Phi) is 4.00. The fourth-order valence-corrected chi connectivity index (χ4v) is 1.90. The lowest BCUT2D eigenvalue weighted by atomic mass is 10.1. The number of rotatable bonds is 3. The summed E-state index contributed by atoms with van der Waals surface area (Å²) in [4.78, 5) is 13.2. The van der Waals surface area contributed by atoms with Crippen molar-refractivity contribution in [2.45, 2.75) is 26.7 Å². The van der Waals surface area contributed by atoms with Crippen LogP contribution < -0.4 is 4.74 Å². The molecule has 0 amide bonds. The smallest absolute Gasteiger partial charge is 0.146 e. The number of hydrogen-bond donors (Lipinski definition) is 0. The first-order valence-corrected chi connectivity index (χ1v) is 6.45. The number of nitrogens with zero attached hydrogens (tertiary/aromatic N) is 3. The van der Waals surface area contributed by atoms with Crippen LogP contribution >= 0.6 is 11.6 Å². The Bertz CT molecular complexity index is 599. The minimum absolute atomic E-state index is 0.201. The van der Waals surface area contributed by atoms with Gasteiger partial charge >= 0.3 is 0 Å². The van der Waals surface area contributed by atoms with Gasteiger partial charge in [-0.15, -0.1) is 0 Å². The highest BCUT2D eigenvalue weighted by molar-refractivity contribution is 6.30. The van der Waals surface area contributed by atoms with Gasteiger partial charge in [-0.1, -0.05) is 25.4 Å². The molecule has 2 heterocycles. The van der Waals surface area contributed by atoms with E-state index in [1.54, 1.807) is 13.3 Å². The van der Waals surface area contributed by atoms with Crippen LogP contribution in [-0.2, 0) is 0 Å². The molecule has 0 aliphatic carbocycles. The van der Waals surface area contributed by atoms with Gasteiger partial charge in [-0.05, 0) is 19.1 Å². The summed E-state index contributed by atoms with van der Waals surface area (Å²) >= 11 is 6.19. The molecular formula is C14H16ClN3O. The summed E-state index contributed by atoms with van der Waals surface area (Å²) in [6.45, 7) is 5.94. The van der Waals surface area contributed by atoms with Gasteiger partial charge in [-0.25, -0.2) is 9.97 Å². The number of halogens is 1. The van der Waals surface area contributed by atoms with Crippen molar-refractivity contribution in [1.82, 2.24) is 15.0 Å². The summed E-state index contributed by atoms with van der Waals surface area (Å²) in [5.41, 5.74) is 2.22. The van der Waals surface area contributed by atoms with Gasteiger partial charge in [0.15, 0.2) is 0 Å². The maximum Gasteiger partial charge on any atom is 0.146 e. The average molecular weight is 278 g/mol. The Labute approximate surface area is 117 Å². The number of hydrogen-bond acceptors (Lipinski definition) is 4. The van der Waals surface area contributed by atoms with E-state index in [0.717, 1.165) is 11.3 Å². The zero-order valence-electron chi connectivity index (χ0n) is 11.4. The zero-order valence-corrected chi connectivity index (χ0v) is 12.2. The van der Waals surface area contributed by atoms with Crippen molar-refractivity contribution in [3.8, 4) is 17.1 Å². The first-order valence-electron chi connectivity index (χ1n) is 6.08. The first kappa shape index (κ1) is 13.7. The number of pyridine rings is 1. The second kappa shape index (κ2) is 5.53. The fraction of sp³-hybridized carbons (Fsp3) is 0.357. The molecule has 0 bridgehead atoms. The lowest BCUT2D eigenvalue weighted by Crippen LogP contribution is -2.04. The van der Waals surface area contributed by atoms with Crippen molar-refractivity contribution in [3.05, 3.63) is 34.9 Å². The molecule has 19 heavy (non-hydrogen) atoms. The number of aromatic nitrogens is 3. The second-order valence-electron chi connectivity index (χ2n) is 4.56. The van der Waals surface area contributed by atoms with Crippen LogP contribution in [0.1, 0.15) is 31.2 Å². The molecule has 0 radical (unpaired) electrons. The molecule has 0 atom stereocenters. The van der Waals surface area contributed by atoms with Crippen LogP contribution in [0.4, 0.5) is 0 Å². The Balaban J connectivity index is 2.67. The highest BCUT2D eigenvalue weighted by atomic mass is 35.5. The highest BCUT2D eigenvalue weighted by Crippen LogP contribution is 2.31. The van der Waals surface area contributed by atoms with Gasteiger partial charge in [0.1, 0.15) is 28.1 Å². The van der Waals surface area contributed by atoms with E-state index >= 15 is 0 Å². The van der Waals surface area contributed by atoms with E-state index in [0.29, 0.717) is 22.4 Å². The zero-order chi connectivity index (χ0) is 14.0. The van der Waals surface area contributed by atoms with Crippen LogP contribution in [0.3, 0.4) is 0 Å². The van der Waals surface area contributed by atoms with Crippen LogP contribution in [0, 0.1) is 6.92 Å². The van der Waals surface area contributed by atoms with Crippen molar-refractivity contribution in [3.63, 3.8) is 0 Å². The molecule has 5 heteroatoms. The third kappa shape index (κ3) is 2.68. The Morgan fingerprint density at radius 1 is 1.21 bits per heavy atom. The Morgan fingerprint density at radius 2 is 1.95 bits per heavy atom. The third-order valence-corrected chi connectivity index (χ3v) is 3.20. The van der Waals surface area contributed by atoms with Crippen LogP contribution in [0.2, 0.25) is 5.15 Å². The molecule has 0 spiro atoms. The maximum absolute atomic E-state index is 6.19. The van der Waals surface area contributed by atoms with Gasteiger partial charge in [0.2, 0.25) is 0 Å². The van der Waals surface area contributed by atoms with Crippen LogP contribution in [-0.4, -0.2) is 22.1 Å². The summed E-state index contributed by atoms with van der Waals surface area (Å²) in [7, 11) is 1.61. The van der Waals surface area contributed by atoms with E-state index in [9.17, 15) is 0 Å². The molecule has 2 aromatic rings. The van der Waals surface area contributed by atoms with E-state index in [-0.39, 0.29) is 5.92 Å². The summed E-state index contributed by atoms with van der Waals surface area (Å²) in [6.07, 6.45) is 1.71. The minimum atomic E-state index is 0.201. The lowest BCUT2D eigenvalue weighted by molar-refractivity contribution is 0.414. The van der Waals surface area contributed by atoms with Gasteiger partial charge in [0, 0.05) is 17.7 Å². The molecule has 0 N–H and O–H groups in total. The molecular weight excluding hydrogens is 262 g/mol. The van der Waals surface area contributed by atoms with E-state index in [1.807, 2.05) is 32.9 Å². The molecule has 0 saturated carbocycles. The van der Waals surface area contributed by atoms with Gasteiger partial charge in [0.05, 0.1) is 7.11 Å². The topological polar surface area (TPSA) is 47.9 Å². The van der Waals surface area contributed by atoms with Gasteiger partial charge in [-0.2, -0.15) is 0 Å². The molecule has 0 aromatic carbocycles. The fourth-order valence-electron chi connectivity index (χ4n) is 1.73. The molecule has 0 unspecified atom stereocenters. The monoisotopic (exact) mass is 277 g/mol. The lowest BCUT2D eigenvalue weighted by Gasteiger charge is -2.12. The summed E-state index contributed by atoms with van der Waals surface area (Å²) in [5, 5.41) is 0.460. The van der Waals surface area contributed by atoms with Gasteiger partial charge in [0.25, 0.3) is 0 Å². The average Bonchev–Trinajstić information content (AvgIpc) is 2.41. The number of methoxy groups -OCH3 is 1. The highest BCUT2D eigenvalue weighted by Gasteiger charge is 2.17. The largest absolute Gasteiger partial charge is 0.494 e. The quantitative estimate of drug-likeness (QED) is 0.804. The van der Waals surface area contributed by atoms with E-state index in [1.165, 1.54) is 0 Å². The molecule has 100 valence electrons. The van der Waals surface area contributed by atoms with Crippen LogP contribution in [0.25, 0.3) is 11.4 Å². The van der Waals surface area contributed by atoms with E-state index < -0.39 is 0 Å². The molecule has 2 rings (SSSR count). The van der Waals surface area contributed by atoms with Crippen LogP contribution in [0.5, 0.6) is 5.75 Å². The predicted octanol–water partition coefficient (Wildman–Crippen LogP) is 3.63. The van der Waals surface area contributed by atoms with Crippen molar-refractivity contribution in [1.29, 1.82) is 0 Å². The summed E-state index contributed by atoms with van der Waals surface area (Å²) < 4.78 is 5.33. The van der Waals surface area contributed by atoms with E-state index in [4.69, 9.17) is 16.3 Å². The van der Waals surface area contributed by atoms with Crippen molar-refractivity contribution < 1.29 is 4.74 Å². The molecule has 2 aromatic heterocycles. The molecule has 0 saturated heterocycles. The predicted molar refractivity (Wildman–Crippen MR) is 75.7 cm³/mol. The standard InChI is InChI=1S/C14H16ClN3O/c1-8(2)14-17-11(9(3)13(15)18-14)12-10(19-4)6-5-7-16-12/h5-8H,1-4H3. The van der Waals surface area contributed by atoms with Gasteiger partial charge < -0.3 is 4.74 Å². The van der Waals surface area contributed by atoms with Crippen LogP contribution in [0.15, 0.2) is 18.3 Å². The van der Waals surface area contributed by atoms with E-state index in [2.05, 4.69) is 15.0 Å². The third-order valence-electron chi connectivity index (χ3n) is 2.84. The second-order valence-corrected chi connectivity index (χ2v) is 4.91. The summed E-state index contributed by atoms with van der Waals surface area (Å²) in [6, 6.07) is 3.68. The maximum atomic E-state index is 6.19. The normalized spacial score (nSPS) is 10.8.